The minimum atomic E-state index is -2.95. The molecule has 2 atom stereocenters. The molecule has 0 aliphatic heterocycles. The highest BCUT2D eigenvalue weighted by atomic mass is 35.5. The summed E-state index contributed by atoms with van der Waals surface area (Å²) in [4.78, 5) is 0. The van der Waals surface area contributed by atoms with Crippen molar-refractivity contribution < 1.29 is 8.42 Å². The van der Waals surface area contributed by atoms with Crippen LogP contribution in [-0.4, -0.2) is 26.5 Å². The van der Waals surface area contributed by atoms with Crippen LogP contribution in [0.25, 0.3) is 0 Å². The number of benzene rings is 1. The number of halogens is 1. The molecule has 0 aromatic heterocycles. The summed E-state index contributed by atoms with van der Waals surface area (Å²) in [5.74, 6) is 0.137. The molecule has 0 saturated carbocycles. The van der Waals surface area contributed by atoms with Crippen LogP contribution in [0.4, 0.5) is 0 Å². The first-order valence-corrected chi connectivity index (χ1v) is 7.91. The van der Waals surface area contributed by atoms with E-state index < -0.39 is 9.84 Å². The quantitative estimate of drug-likeness (QED) is 0.898. The van der Waals surface area contributed by atoms with E-state index in [-0.39, 0.29) is 17.8 Å². The van der Waals surface area contributed by atoms with Crippen molar-refractivity contribution in [1.29, 1.82) is 0 Å². The zero-order valence-corrected chi connectivity index (χ0v) is 11.8. The van der Waals surface area contributed by atoms with Gasteiger partial charge in [-0.25, -0.2) is 8.42 Å². The Morgan fingerprint density at radius 1 is 1.35 bits per heavy atom. The van der Waals surface area contributed by atoms with Gasteiger partial charge < -0.3 is 5.32 Å². The van der Waals surface area contributed by atoms with Crippen LogP contribution in [0.15, 0.2) is 24.3 Å². The number of hydrogen-bond acceptors (Lipinski definition) is 3. The number of sulfone groups is 1. The SMILES string of the molecule is CC(CS(C)(=O)=O)N[C@@H](C)c1cccc(Cl)c1. The van der Waals surface area contributed by atoms with Gasteiger partial charge in [0.15, 0.2) is 0 Å². The molecular formula is C12H18ClNO2S. The zero-order valence-electron chi connectivity index (χ0n) is 10.3. The second kappa shape index (κ2) is 5.85. The van der Waals surface area contributed by atoms with Gasteiger partial charge in [0.25, 0.3) is 0 Å². The topological polar surface area (TPSA) is 46.2 Å². The molecule has 5 heteroatoms. The van der Waals surface area contributed by atoms with Crippen LogP contribution < -0.4 is 5.32 Å². The molecule has 1 unspecified atom stereocenters. The summed E-state index contributed by atoms with van der Waals surface area (Å²) < 4.78 is 22.3. The molecule has 0 amide bonds. The standard InChI is InChI=1S/C12H18ClNO2S/c1-9(8-17(3,15)16)14-10(2)11-5-4-6-12(13)7-11/h4-7,9-10,14H,8H2,1-3H3/t9?,10-/m0/s1. The van der Waals surface area contributed by atoms with Gasteiger partial charge in [-0.05, 0) is 31.5 Å². The fourth-order valence-electron chi connectivity index (χ4n) is 1.80. The van der Waals surface area contributed by atoms with Gasteiger partial charge in [0.05, 0.1) is 5.75 Å². The highest BCUT2D eigenvalue weighted by Gasteiger charge is 2.14. The molecule has 1 rings (SSSR count). The van der Waals surface area contributed by atoms with Crippen LogP contribution in [0, 0.1) is 0 Å². The summed E-state index contributed by atoms with van der Waals surface area (Å²) in [6.45, 7) is 3.85. The van der Waals surface area contributed by atoms with Gasteiger partial charge in [0.2, 0.25) is 0 Å². The molecule has 1 aromatic rings. The zero-order chi connectivity index (χ0) is 13.1. The van der Waals surface area contributed by atoms with E-state index in [1.165, 1.54) is 6.26 Å². The van der Waals surface area contributed by atoms with Crippen LogP contribution in [0.1, 0.15) is 25.5 Å². The van der Waals surface area contributed by atoms with Gasteiger partial charge in [0, 0.05) is 23.4 Å². The van der Waals surface area contributed by atoms with Crippen LogP contribution in [0.3, 0.4) is 0 Å². The van der Waals surface area contributed by atoms with Gasteiger partial charge in [0.1, 0.15) is 9.84 Å². The predicted molar refractivity (Wildman–Crippen MR) is 72.2 cm³/mol. The van der Waals surface area contributed by atoms with Crippen molar-refractivity contribution >= 4 is 21.4 Å². The Morgan fingerprint density at radius 3 is 2.53 bits per heavy atom. The second-order valence-corrected chi connectivity index (χ2v) is 7.06. The Morgan fingerprint density at radius 2 is 2.00 bits per heavy atom. The molecule has 0 radical (unpaired) electrons. The van der Waals surface area contributed by atoms with E-state index in [0.717, 1.165) is 5.56 Å². The lowest BCUT2D eigenvalue weighted by molar-refractivity contribution is 0.501. The molecule has 0 fully saturated rings. The molecule has 0 saturated heterocycles. The maximum atomic E-state index is 11.2. The first-order valence-electron chi connectivity index (χ1n) is 5.47. The van der Waals surface area contributed by atoms with Crippen molar-refractivity contribution in [2.24, 2.45) is 0 Å². The smallest absolute Gasteiger partial charge is 0.148 e. The fraction of sp³-hybridized carbons (Fsp3) is 0.500. The lowest BCUT2D eigenvalue weighted by atomic mass is 10.1. The molecule has 0 heterocycles. The van der Waals surface area contributed by atoms with Crippen LogP contribution >= 0.6 is 11.6 Å². The van der Waals surface area contributed by atoms with Crippen molar-refractivity contribution in [3.63, 3.8) is 0 Å². The van der Waals surface area contributed by atoms with E-state index in [9.17, 15) is 8.42 Å². The lowest BCUT2D eigenvalue weighted by Crippen LogP contribution is -2.34. The molecule has 96 valence electrons. The van der Waals surface area contributed by atoms with E-state index in [4.69, 9.17) is 11.6 Å². The highest BCUT2D eigenvalue weighted by Crippen LogP contribution is 2.17. The third-order valence-corrected chi connectivity index (χ3v) is 3.78. The molecule has 17 heavy (non-hydrogen) atoms. The minimum Gasteiger partial charge on any atom is -0.307 e. The van der Waals surface area contributed by atoms with Gasteiger partial charge in [-0.1, -0.05) is 23.7 Å². The van der Waals surface area contributed by atoms with Crippen LogP contribution in [0.2, 0.25) is 5.02 Å². The Labute approximate surface area is 108 Å². The third-order valence-electron chi connectivity index (χ3n) is 2.44. The van der Waals surface area contributed by atoms with Crippen LogP contribution in [0.5, 0.6) is 0 Å². The predicted octanol–water partition coefficient (Wildman–Crippen LogP) is 2.42. The summed E-state index contributed by atoms with van der Waals surface area (Å²) in [5.41, 5.74) is 1.05. The molecular weight excluding hydrogens is 258 g/mol. The first kappa shape index (κ1) is 14.5. The Kier molecular flexibility index (Phi) is 4.98. The normalized spacial score (nSPS) is 15.5. The average molecular weight is 276 g/mol. The van der Waals surface area contributed by atoms with Gasteiger partial charge in [-0.3, -0.25) is 0 Å². The minimum absolute atomic E-state index is 0.0745. The molecule has 1 aromatic carbocycles. The summed E-state index contributed by atoms with van der Waals surface area (Å²) in [5, 5.41) is 3.93. The summed E-state index contributed by atoms with van der Waals surface area (Å²) in [6, 6.07) is 7.54. The maximum Gasteiger partial charge on any atom is 0.148 e. The van der Waals surface area contributed by atoms with E-state index in [1.54, 1.807) is 0 Å². The molecule has 0 bridgehead atoms. The van der Waals surface area contributed by atoms with Crippen LogP contribution in [-0.2, 0) is 9.84 Å². The van der Waals surface area contributed by atoms with Crippen molar-refractivity contribution in [3.8, 4) is 0 Å². The first-order chi connectivity index (χ1) is 7.78. The summed E-state index contributed by atoms with van der Waals surface area (Å²) in [6.07, 6.45) is 1.25. The number of rotatable bonds is 5. The fourth-order valence-corrected chi connectivity index (χ4v) is 3.00. The Balaban J connectivity index is 2.63. The van der Waals surface area contributed by atoms with Crippen molar-refractivity contribution in [2.45, 2.75) is 25.9 Å². The molecule has 1 N–H and O–H groups in total. The number of nitrogens with one attached hydrogen (secondary N) is 1. The summed E-state index contributed by atoms with van der Waals surface area (Å²) in [7, 11) is -2.95. The number of hydrogen-bond donors (Lipinski definition) is 1. The Hall–Kier alpha value is -0.580. The summed E-state index contributed by atoms with van der Waals surface area (Å²) >= 11 is 5.91. The van der Waals surface area contributed by atoms with E-state index in [0.29, 0.717) is 5.02 Å². The van der Waals surface area contributed by atoms with Gasteiger partial charge >= 0.3 is 0 Å². The average Bonchev–Trinajstić information content (AvgIpc) is 2.14. The van der Waals surface area contributed by atoms with E-state index >= 15 is 0 Å². The lowest BCUT2D eigenvalue weighted by Gasteiger charge is -2.19. The molecule has 0 spiro atoms. The van der Waals surface area contributed by atoms with Crippen molar-refractivity contribution in [3.05, 3.63) is 34.9 Å². The van der Waals surface area contributed by atoms with Crippen molar-refractivity contribution in [2.75, 3.05) is 12.0 Å². The third kappa shape index (κ3) is 5.52. The Bertz CT molecular complexity index is 473. The molecule has 0 aliphatic carbocycles. The van der Waals surface area contributed by atoms with Crippen molar-refractivity contribution in [1.82, 2.24) is 5.32 Å². The van der Waals surface area contributed by atoms with Gasteiger partial charge in [-0.2, -0.15) is 0 Å². The largest absolute Gasteiger partial charge is 0.307 e. The molecule has 3 nitrogen and oxygen atoms in total. The highest BCUT2D eigenvalue weighted by molar-refractivity contribution is 7.90. The monoisotopic (exact) mass is 275 g/mol. The van der Waals surface area contributed by atoms with E-state index in [1.807, 2.05) is 38.1 Å². The maximum absolute atomic E-state index is 11.2. The molecule has 0 aliphatic rings. The second-order valence-electron chi connectivity index (χ2n) is 4.44. The van der Waals surface area contributed by atoms with E-state index in [2.05, 4.69) is 5.32 Å². The van der Waals surface area contributed by atoms with Gasteiger partial charge in [-0.15, -0.1) is 0 Å².